The number of anilines is 2. The van der Waals surface area contributed by atoms with Crippen LogP contribution >= 0.6 is 0 Å². The molecule has 0 atom stereocenters. The molecule has 0 radical (unpaired) electrons. The summed E-state index contributed by atoms with van der Waals surface area (Å²) in [5.41, 5.74) is 6.89. The highest BCUT2D eigenvalue weighted by Gasteiger charge is 2.23. The first-order chi connectivity index (χ1) is 10.2. The van der Waals surface area contributed by atoms with Gasteiger partial charge < -0.3 is 4.90 Å². The average molecular weight is 295 g/mol. The zero-order valence-corrected chi connectivity index (χ0v) is 15.1. The van der Waals surface area contributed by atoms with E-state index < -0.39 is 0 Å². The van der Waals surface area contributed by atoms with Gasteiger partial charge in [-0.2, -0.15) is 0 Å². The van der Waals surface area contributed by atoms with Crippen molar-refractivity contribution in [3.05, 3.63) is 59.2 Å². The van der Waals surface area contributed by atoms with E-state index in [4.69, 9.17) is 0 Å². The summed E-state index contributed by atoms with van der Waals surface area (Å²) in [6.07, 6.45) is 0. The molecule has 0 unspecified atom stereocenters. The first kappa shape index (κ1) is 16.6. The average Bonchev–Trinajstić information content (AvgIpc) is 2.45. The highest BCUT2D eigenvalue weighted by atomic mass is 15.1. The van der Waals surface area contributed by atoms with Gasteiger partial charge in [0.1, 0.15) is 0 Å². The number of nitrogens with zero attached hydrogens (tertiary/aromatic N) is 1. The van der Waals surface area contributed by atoms with Gasteiger partial charge >= 0.3 is 0 Å². The van der Waals surface area contributed by atoms with Crippen LogP contribution < -0.4 is 4.90 Å². The van der Waals surface area contributed by atoms with Crippen molar-refractivity contribution in [3.8, 4) is 0 Å². The SMILES string of the molecule is Cc1cccc(C(C)(C)C)c1N(C)c1ccccc1C(C)C. The third-order valence-corrected chi connectivity index (χ3v) is 4.30. The maximum Gasteiger partial charge on any atom is 0.0475 e. The van der Waals surface area contributed by atoms with Crippen molar-refractivity contribution in [1.82, 2.24) is 0 Å². The van der Waals surface area contributed by atoms with E-state index >= 15 is 0 Å². The van der Waals surface area contributed by atoms with E-state index in [0.717, 1.165) is 0 Å². The monoisotopic (exact) mass is 295 g/mol. The first-order valence-electron chi connectivity index (χ1n) is 8.16. The predicted octanol–water partition coefficient (Wildman–Crippen LogP) is 6.18. The van der Waals surface area contributed by atoms with E-state index in [2.05, 4.69) is 96.0 Å². The smallest absolute Gasteiger partial charge is 0.0475 e. The van der Waals surface area contributed by atoms with Crippen LogP contribution in [0.2, 0.25) is 0 Å². The van der Waals surface area contributed by atoms with Crippen LogP contribution in [0.25, 0.3) is 0 Å². The summed E-state index contributed by atoms with van der Waals surface area (Å²) < 4.78 is 0. The van der Waals surface area contributed by atoms with E-state index in [-0.39, 0.29) is 5.41 Å². The molecule has 118 valence electrons. The molecule has 1 heteroatoms. The van der Waals surface area contributed by atoms with E-state index in [1.165, 1.54) is 28.1 Å². The zero-order chi connectivity index (χ0) is 16.5. The third-order valence-electron chi connectivity index (χ3n) is 4.30. The second-order valence-electron chi connectivity index (χ2n) is 7.49. The van der Waals surface area contributed by atoms with E-state index in [9.17, 15) is 0 Å². The lowest BCUT2D eigenvalue weighted by Crippen LogP contribution is -2.21. The molecule has 0 spiro atoms. The summed E-state index contributed by atoms with van der Waals surface area (Å²) in [4.78, 5) is 2.37. The number of aryl methyl sites for hydroxylation is 1. The lowest BCUT2D eigenvalue weighted by Gasteiger charge is -2.32. The topological polar surface area (TPSA) is 3.24 Å². The Bertz CT molecular complexity index is 647. The van der Waals surface area contributed by atoms with Gasteiger partial charge in [-0.05, 0) is 41.0 Å². The molecular formula is C21H29N. The normalized spacial score (nSPS) is 11.8. The van der Waals surface area contributed by atoms with Crippen LogP contribution in [0.5, 0.6) is 0 Å². The minimum Gasteiger partial charge on any atom is -0.344 e. The molecule has 0 heterocycles. The van der Waals surface area contributed by atoms with Gasteiger partial charge in [0.2, 0.25) is 0 Å². The number of para-hydroxylation sites is 2. The minimum absolute atomic E-state index is 0.127. The Hall–Kier alpha value is -1.76. The van der Waals surface area contributed by atoms with Crippen molar-refractivity contribution >= 4 is 11.4 Å². The van der Waals surface area contributed by atoms with Crippen molar-refractivity contribution < 1.29 is 0 Å². The quantitative estimate of drug-likeness (QED) is 0.653. The van der Waals surface area contributed by atoms with Crippen LogP contribution in [0.1, 0.15) is 57.2 Å². The predicted molar refractivity (Wildman–Crippen MR) is 98.5 cm³/mol. The molecule has 0 amide bonds. The maximum atomic E-state index is 2.37. The number of rotatable bonds is 3. The number of benzene rings is 2. The Morgan fingerprint density at radius 2 is 1.55 bits per heavy atom. The van der Waals surface area contributed by atoms with Gasteiger partial charge in [0, 0.05) is 18.4 Å². The summed E-state index contributed by atoms with van der Waals surface area (Å²) in [7, 11) is 2.19. The Labute approximate surface area is 136 Å². The molecule has 0 fully saturated rings. The summed E-state index contributed by atoms with van der Waals surface area (Å²) in [5, 5.41) is 0. The van der Waals surface area contributed by atoms with Crippen molar-refractivity contribution in [2.45, 2.75) is 52.9 Å². The molecule has 0 aromatic heterocycles. The van der Waals surface area contributed by atoms with Gasteiger partial charge in [-0.25, -0.2) is 0 Å². The Morgan fingerprint density at radius 1 is 0.909 bits per heavy atom. The molecule has 0 saturated carbocycles. The summed E-state index contributed by atoms with van der Waals surface area (Å²) in [6, 6.07) is 15.4. The second kappa shape index (κ2) is 6.16. The highest BCUT2D eigenvalue weighted by molar-refractivity contribution is 5.72. The standard InChI is InChI=1S/C21H29N/c1-15(2)17-12-8-9-14-19(17)22(7)20-16(3)11-10-13-18(20)21(4,5)6/h8-15H,1-7H3. The van der Waals surface area contributed by atoms with Crippen LogP contribution in [-0.2, 0) is 5.41 Å². The molecule has 0 aliphatic rings. The summed E-state index contributed by atoms with van der Waals surface area (Å²) >= 11 is 0. The van der Waals surface area contributed by atoms with Gasteiger partial charge in [0.25, 0.3) is 0 Å². The molecule has 0 N–H and O–H groups in total. The maximum absolute atomic E-state index is 2.37. The fourth-order valence-corrected chi connectivity index (χ4v) is 3.11. The minimum atomic E-state index is 0.127. The lowest BCUT2D eigenvalue weighted by molar-refractivity contribution is 0.590. The van der Waals surface area contributed by atoms with E-state index in [0.29, 0.717) is 5.92 Å². The molecule has 0 saturated heterocycles. The molecule has 2 aromatic carbocycles. The van der Waals surface area contributed by atoms with Crippen molar-refractivity contribution in [1.29, 1.82) is 0 Å². The van der Waals surface area contributed by atoms with Gasteiger partial charge in [0.05, 0.1) is 0 Å². The van der Waals surface area contributed by atoms with Gasteiger partial charge in [-0.3, -0.25) is 0 Å². The van der Waals surface area contributed by atoms with Gasteiger partial charge in [-0.15, -0.1) is 0 Å². The van der Waals surface area contributed by atoms with E-state index in [1.54, 1.807) is 0 Å². The van der Waals surface area contributed by atoms with Crippen molar-refractivity contribution in [2.75, 3.05) is 11.9 Å². The molecule has 22 heavy (non-hydrogen) atoms. The summed E-state index contributed by atoms with van der Waals surface area (Å²) in [5.74, 6) is 0.515. The zero-order valence-electron chi connectivity index (χ0n) is 15.1. The fraction of sp³-hybridized carbons (Fsp3) is 0.429. The van der Waals surface area contributed by atoms with Crippen LogP contribution in [0.3, 0.4) is 0 Å². The van der Waals surface area contributed by atoms with Crippen LogP contribution in [0, 0.1) is 6.92 Å². The molecule has 2 rings (SSSR count). The fourth-order valence-electron chi connectivity index (χ4n) is 3.11. The molecule has 0 bridgehead atoms. The Kier molecular flexibility index (Phi) is 4.65. The van der Waals surface area contributed by atoms with Gasteiger partial charge in [0.15, 0.2) is 0 Å². The van der Waals surface area contributed by atoms with E-state index in [1.807, 2.05) is 0 Å². The van der Waals surface area contributed by atoms with Crippen molar-refractivity contribution in [3.63, 3.8) is 0 Å². The molecular weight excluding hydrogens is 266 g/mol. The molecule has 1 nitrogen and oxygen atoms in total. The lowest BCUT2D eigenvalue weighted by atomic mass is 9.84. The Morgan fingerprint density at radius 3 is 2.14 bits per heavy atom. The largest absolute Gasteiger partial charge is 0.344 e. The van der Waals surface area contributed by atoms with Crippen LogP contribution in [0.4, 0.5) is 11.4 Å². The van der Waals surface area contributed by atoms with Gasteiger partial charge in [-0.1, -0.05) is 71.0 Å². The summed E-state index contributed by atoms with van der Waals surface area (Å²) in [6.45, 7) is 13.6. The van der Waals surface area contributed by atoms with Crippen LogP contribution in [-0.4, -0.2) is 7.05 Å². The second-order valence-corrected chi connectivity index (χ2v) is 7.49. The molecule has 0 aliphatic heterocycles. The highest BCUT2D eigenvalue weighted by Crippen LogP contribution is 2.39. The third kappa shape index (κ3) is 3.19. The number of hydrogen-bond donors (Lipinski definition) is 0. The molecule has 0 aliphatic carbocycles. The van der Waals surface area contributed by atoms with Crippen molar-refractivity contribution in [2.24, 2.45) is 0 Å². The van der Waals surface area contributed by atoms with Crippen LogP contribution in [0.15, 0.2) is 42.5 Å². The first-order valence-corrected chi connectivity index (χ1v) is 8.16. The number of hydrogen-bond acceptors (Lipinski definition) is 1. The molecule has 2 aromatic rings. The Balaban J connectivity index is 2.63.